The number of nitriles is 1. The third-order valence-corrected chi connectivity index (χ3v) is 3.48. The van der Waals surface area contributed by atoms with Gasteiger partial charge in [0.2, 0.25) is 0 Å². The monoisotopic (exact) mass is 278 g/mol. The molecule has 2 aromatic rings. The Morgan fingerprint density at radius 1 is 1.14 bits per heavy atom. The molecule has 0 fully saturated rings. The van der Waals surface area contributed by atoms with Gasteiger partial charge in [-0.3, -0.25) is 4.79 Å². The number of carbonyl (C=O) groups is 1. The number of fused-ring (bicyclic) bond motifs is 1. The SMILES string of the molecule is N#Cc1ccc(CN2CCOc3ccccc3C2=O)cc1. The number of hydrogen-bond donors (Lipinski definition) is 0. The highest BCUT2D eigenvalue weighted by molar-refractivity contribution is 5.97. The molecule has 0 saturated heterocycles. The molecule has 104 valence electrons. The molecular formula is C17H14N2O2. The van der Waals surface area contributed by atoms with Crippen molar-refractivity contribution in [3.8, 4) is 11.8 Å². The average molecular weight is 278 g/mol. The van der Waals surface area contributed by atoms with Crippen LogP contribution in [0.15, 0.2) is 48.5 Å². The Hall–Kier alpha value is -2.80. The summed E-state index contributed by atoms with van der Waals surface area (Å²) >= 11 is 0. The number of carbonyl (C=O) groups excluding carboxylic acids is 1. The molecule has 21 heavy (non-hydrogen) atoms. The summed E-state index contributed by atoms with van der Waals surface area (Å²) in [5, 5.41) is 8.81. The van der Waals surface area contributed by atoms with E-state index in [0.717, 1.165) is 5.56 Å². The van der Waals surface area contributed by atoms with Gasteiger partial charge in [-0.25, -0.2) is 0 Å². The molecule has 0 bridgehead atoms. The number of amides is 1. The highest BCUT2D eigenvalue weighted by atomic mass is 16.5. The molecule has 4 nitrogen and oxygen atoms in total. The van der Waals surface area contributed by atoms with Crippen LogP contribution < -0.4 is 4.74 Å². The van der Waals surface area contributed by atoms with E-state index in [1.807, 2.05) is 30.3 Å². The van der Waals surface area contributed by atoms with Gasteiger partial charge in [0.25, 0.3) is 5.91 Å². The summed E-state index contributed by atoms with van der Waals surface area (Å²) in [5.74, 6) is 0.622. The molecular weight excluding hydrogens is 264 g/mol. The largest absolute Gasteiger partial charge is 0.491 e. The van der Waals surface area contributed by atoms with E-state index in [-0.39, 0.29) is 5.91 Å². The van der Waals surface area contributed by atoms with Gasteiger partial charge < -0.3 is 9.64 Å². The van der Waals surface area contributed by atoms with Crippen molar-refractivity contribution in [2.75, 3.05) is 13.2 Å². The molecule has 0 N–H and O–H groups in total. The van der Waals surface area contributed by atoms with Crippen molar-refractivity contribution in [3.05, 3.63) is 65.2 Å². The molecule has 1 aliphatic heterocycles. The van der Waals surface area contributed by atoms with Crippen LogP contribution in [0.5, 0.6) is 5.75 Å². The van der Waals surface area contributed by atoms with Crippen LogP contribution in [0.25, 0.3) is 0 Å². The van der Waals surface area contributed by atoms with Gasteiger partial charge in [-0.1, -0.05) is 24.3 Å². The van der Waals surface area contributed by atoms with Gasteiger partial charge in [-0.2, -0.15) is 5.26 Å². The third kappa shape index (κ3) is 2.72. The molecule has 0 spiro atoms. The molecule has 0 saturated carbocycles. The number of nitrogens with zero attached hydrogens (tertiary/aromatic N) is 2. The van der Waals surface area contributed by atoms with E-state index in [0.29, 0.717) is 36.6 Å². The third-order valence-electron chi connectivity index (χ3n) is 3.48. The molecule has 2 aromatic carbocycles. The molecule has 0 aliphatic carbocycles. The summed E-state index contributed by atoms with van der Waals surface area (Å²) in [4.78, 5) is 14.3. The fourth-order valence-corrected chi connectivity index (χ4v) is 2.36. The highest BCUT2D eigenvalue weighted by Crippen LogP contribution is 2.23. The minimum absolute atomic E-state index is 0.0209. The topological polar surface area (TPSA) is 53.3 Å². The van der Waals surface area contributed by atoms with Crippen molar-refractivity contribution in [2.45, 2.75) is 6.54 Å². The molecule has 4 heteroatoms. The van der Waals surface area contributed by atoms with Gasteiger partial charge in [0.15, 0.2) is 0 Å². The number of para-hydroxylation sites is 1. The lowest BCUT2D eigenvalue weighted by Gasteiger charge is -2.20. The van der Waals surface area contributed by atoms with Crippen LogP contribution in [-0.2, 0) is 6.54 Å². The van der Waals surface area contributed by atoms with Crippen LogP contribution >= 0.6 is 0 Å². The maximum Gasteiger partial charge on any atom is 0.258 e. The Bertz CT molecular complexity index is 701. The summed E-state index contributed by atoms with van der Waals surface area (Å²) < 4.78 is 5.62. The first kappa shape index (κ1) is 13.2. The lowest BCUT2D eigenvalue weighted by Crippen LogP contribution is -2.31. The van der Waals surface area contributed by atoms with Crippen molar-refractivity contribution in [1.82, 2.24) is 4.90 Å². The van der Waals surface area contributed by atoms with E-state index < -0.39 is 0 Å². The van der Waals surface area contributed by atoms with E-state index in [4.69, 9.17) is 10.00 Å². The summed E-state index contributed by atoms with van der Waals surface area (Å²) in [6.07, 6.45) is 0. The molecule has 1 aliphatic rings. The lowest BCUT2D eigenvalue weighted by molar-refractivity contribution is 0.0743. The van der Waals surface area contributed by atoms with Gasteiger partial charge in [0, 0.05) is 6.54 Å². The fraction of sp³-hybridized carbons (Fsp3) is 0.176. The van der Waals surface area contributed by atoms with E-state index in [9.17, 15) is 4.79 Å². The minimum atomic E-state index is -0.0209. The van der Waals surface area contributed by atoms with Gasteiger partial charge in [0.05, 0.1) is 23.7 Å². The van der Waals surface area contributed by atoms with Crippen LogP contribution in [0.4, 0.5) is 0 Å². The van der Waals surface area contributed by atoms with Gasteiger partial charge in [-0.15, -0.1) is 0 Å². The Labute approximate surface area is 123 Å². The normalized spacial score (nSPS) is 13.9. The number of ether oxygens (including phenoxy) is 1. The van der Waals surface area contributed by atoms with Crippen molar-refractivity contribution >= 4 is 5.91 Å². The Balaban J connectivity index is 1.82. The van der Waals surface area contributed by atoms with Crippen molar-refractivity contribution in [2.24, 2.45) is 0 Å². The lowest BCUT2D eigenvalue weighted by atomic mass is 10.1. The molecule has 0 atom stereocenters. The zero-order chi connectivity index (χ0) is 14.7. The summed E-state index contributed by atoms with van der Waals surface area (Å²) in [7, 11) is 0. The molecule has 1 amide bonds. The van der Waals surface area contributed by atoms with Crippen molar-refractivity contribution in [3.63, 3.8) is 0 Å². The van der Waals surface area contributed by atoms with Crippen LogP contribution in [0.1, 0.15) is 21.5 Å². The zero-order valence-electron chi connectivity index (χ0n) is 11.5. The predicted molar refractivity (Wildman–Crippen MR) is 77.8 cm³/mol. The van der Waals surface area contributed by atoms with E-state index in [1.54, 1.807) is 23.1 Å². The summed E-state index contributed by atoms with van der Waals surface area (Å²) in [5.41, 5.74) is 2.22. The average Bonchev–Trinajstić information content (AvgIpc) is 2.69. The van der Waals surface area contributed by atoms with E-state index in [1.165, 1.54) is 0 Å². The predicted octanol–water partition coefficient (Wildman–Crippen LogP) is 2.59. The first-order valence-corrected chi connectivity index (χ1v) is 6.78. The minimum Gasteiger partial charge on any atom is -0.491 e. The maximum atomic E-state index is 12.6. The van der Waals surface area contributed by atoms with Crippen LogP contribution in [0, 0.1) is 11.3 Å². The standard InChI is InChI=1S/C17H14N2O2/c18-11-13-5-7-14(8-6-13)12-19-9-10-21-16-4-2-1-3-15(16)17(19)20/h1-8H,9-10,12H2. The van der Waals surface area contributed by atoms with Crippen LogP contribution in [-0.4, -0.2) is 24.0 Å². The smallest absolute Gasteiger partial charge is 0.258 e. The van der Waals surface area contributed by atoms with E-state index >= 15 is 0 Å². The number of benzene rings is 2. The van der Waals surface area contributed by atoms with Gasteiger partial charge in [-0.05, 0) is 29.8 Å². The second kappa shape index (κ2) is 5.68. The first-order valence-electron chi connectivity index (χ1n) is 6.78. The second-order valence-electron chi connectivity index (χ2n) is 4.88. The van der Waals surface area contributed by atoms with Crippen LogP contribution in [0.2, 0.25) is 0 Å². The quantitative estimate of drug-likeness (QED) is 0.848. The second-order valence-corrected chi connectivity index (χ2v) is 4.88. The van der Waals surface area contributed by atoms with Gasteiger partial charge >= 0.3 is 0 Å². The molecule has 3 rings (SSSR count). The van der Waals surface area contributed by atoms with E-state index in [2.05, 4.69) is 6.07 Å². The molecule has 0 aromatic heterocycles. The van der Waals surface area contributed by atoms with Crippen molar-refractivity contribution < 1.29 is 9.53 Å². The van der Waals surface area contributed by atoms with Crippen molar-refractivity contribution in [1.29, 1.82) is 5.26 Å². The van der Waals surface area contributed by atoms with Crippen LogP contribution in [0.3, 0.4) is 0 Å². The highest BCUT2D eigenvalue weighted by Gasteiger charge is 2.22. The number of hydrogen-bond acceptors (Lipinski definition) is 3. The van der Waals surface area contributed by atoms with Gasteiger partial charge in [0.1, 0.15) is 12.4 Å². The Morgan fingerprint density at radius 2 is 1.90 bits per heavy atom. The fourth-order valence-electron chi connectivity index (χ4n) is 2.36. The molecule has 1 heterocycles. The number of rotatable bonds is 2. The summed E-state index contributed by atoms with van der Waals surface area (Å²) in [6.45, 7) is 1.55. The maximum absolute atomic E-state index is 12.6. The zero-order valence-corrected chi connectivity index (χ0v) is 11.5. The molecule has 0 radical (unpaired) electrons. The first-order chi connectivity index (χ1) is 10.3. The Kier molecular flexibility index (Phi) is 3.57. The molecule has 0 unspecified atom stereocenters. The summed E-state index contributed by atoms with van der Waals surface area (Å²) in [6, 6.07) is 16.7. The Morgan fingerprint density at radius 3 is 2.67 bits per heavy atom.